The molecule has 1 aliphatic rings. The second-order valence-electron chi connectivity index (χ2n) is 2.34. The maximum absolute atomic E-state index is 2.35. The number of nitrogens with zero attached hydrogens (tertiary/aromatic N) is 1. The fraction of sp³-hybridized carbons (Fsp3) is 1.00. The SMILES string of the molecule is CN(C)C1CC[NH2+]1. The Balaban J connectivity index is 2.14. The first-order valence-electron chi connectivity index (χ1n) is 2.80. The molecule has 0 amide bonds. The van der Waals surface area contributed by atoms with E-state index in [2.05, 4.69) is 24.3 Å². The Morgan fingerprint density at radius 3 is 2.14 bits per heavy atom. The molecule has 0 bridgehead atoms. The van der Waals surface area contributed by atoms with Crippen molar-refractivity contribution in [3.63, 3.8) is 0 Å². The quantitative estimate of drug-likeness (QED) is 0.442. The Hall–Kier alpha value is -0.0800. The summed E-state index contributed by atoms with van der Waals surface area (Å²) in [7, 11) is 4.25. The number of hydrogen-bond donors (Lipinski definition) is 1. The summed E-state index contributed by atoms with van der Waals surface area (Å²) in [4.78, 5) is 2.25. The number of rotatable bonds is 1. The van der Waals surface area contributed by atoms with E-state index in [0.717, 1.165) is 6.17 Å². The molecule has 7 heavy (non-hydrogen) atoms. The van der Waals surface area contributed by atoms with Crippen LogP contribution in [0.3, 0.4) is 0 Å². The summed E-state index contributed by atoms with van der Waals surface area (Å²) in [5, 5.41) is 2.35. The van der Waals surface area contributed by atoms with Gasteiger partial charge in [-0.2, -0.15) is 0 Å². The van der Waals surface area contributed by atoms with Gasteiger partial charge in [-0.3, -0.25) is 4.90 Å². The van der Waals surface area contributed by atoms with Crippen LogP contribution in [-0.4, -0.2) is 31.7 Å². The van der Waals surface area contributed by atoms with Crippen LogP contribution in [0, 0.1) is 0 Å². The Morgan fingerprint density at radius 2 is 2.14 bits per heavy atom. The molecule has 1 rings (SSSR count). The highest BCUT2D eigenvalue weighted by Crippen LogP contribution is 1.92. The second kappa shape index (κ2) is 1.80. The monoisotopic (exact) mass is 101 g/mol. The zero-order valence-electron chi connectivity index (χ0n) is 5.02. The number of nitrogens with two attached hydrogens (primary N) is 1. The van der Waals surface area contributed by atoms with Crippen LogP contribution in [0.15, 0.2) is 0 Å². The first-order valence-corrected chi connectivity index (χ1v) is 2.80. The normalized spacial score (nSPS) is 30.4. The van der Waals surface area contributed by atoms with E-state index in [1.165, 1.54) is 13.0 Å². The fourth-order valence-corrected chi connectivity index (χ4v) is 0.785. The lowest BCUT2D eigenvalue weighted by Gasteiger charge is -2.28. The molecular formula is C5H13N2+. The lowest BCUT2D eigenvalue weighted by molar-refractivity contribution is -0.761. The topological polar surface area (TPSA) is 19.9 Å². The summed E-state index contributed by atoms with van der Waals surface area (Å²) >= 11 is 0. The summed E-state index contributed by atoms with van der Waals surface area (Å²) < 4.78 is 0. The van der Waals surface area contributed by atoms with Gasteiger partial charge in [-0.25, -0.2) is 0 Å². The average molecular weight is 101 g/mol. The van der Waals surface area contributed by atoms with Crippen molar-refractivity contribution >= 4 is 0 Å². The third-order valence-corrected chi connectivity index (χ3v) is 1.56. The minimum Gasteiger partial charge on any atom is -0.331 e. The minimum atomic E-state index is 0.792. The maximum Gasteiger partial charge on any atom is 0.147 e. The van der Waals surface area contributed by atoms with Gasteiger partial charge in [0.1, 0.15) is 6.17 Å². The molecule has 1 atom stereocenters. The predicted octanol–water partition coefficient (Wildman–Crippen LogP) is -1.16. The summed E-state index contributed by atoms with van der Waals surface area (Å²) in [6.45, 7) is 1.32. The molecule has 1 fully saturated rings. The highest BCUT2D eigenvalue weighted by molar-refractivity contribution is 4.54. The van der Waals surface area contributed by atoms with Crippen molar-refractivity contribution in [1.29, 1.82) is 0 Å². The Bertz CT molecular complexity index is 57.1. The first kappa shape index (κ1) is 5.06. The molecule has 1 saturated heterocycles. The molecule has 0 saturated carbocycles. The van der Waals surface area contributed by atoms with Gasteiger partial charge in [0, 0.05) is 0 Å². The highest BCUT2D eigenvalue weighted by atomic mass is 15.3. The Kier molecular flexibility index (Phi) is 1.30. The van der Waals surface area contributed by atoms with Crippen LogP contribution in [0.5, 0.6) is 0 Å². The van der Waals surface area contributed by atoms with Crippen LogP contribution in [0.25, 0.3) is 0 Å². The van der Waals surface area contributed by atoms with Gasteiger partial charge in [-0.15, -0.1) is 0 Å². The van der Waals surface area contributed by atoms with Crippen molar-refractivity contribution in [2.75, 3.05) is 20.6 Å². The van der Waals surface area contributed by atoms with Gasteiger partial charge in [0.2, 0.25) is 0 Å². The van der Waals surface area contributed by atoms with Gasteiger partial charge < -0.3 is 5.32 Å². The van der Waals surface area contributed by atoms with Crippen molar-refractivity contribution in [2.45, 2.75) is 12.6 Å². The van der Waals surface area contributed by atoms with E-state index in [0.29, 0.717) is 0 Å². The number of hydrogen-bond acceptors (Lipinski definition) is 1. The van der Waals surface area contributed by atoms with Gasteiger partial charge in [0.05, 0.1) is 13.0 Å². The van der Waals surface area contributed by atoms with Crippen LogP contribution in [0.2, 0.25) is 0 Å². The molecule has 2 nitrogen and oxygen atoms in total. The molecule has 0 aliphatic carbocycles. The van der Waals surface area contributed by atoms with E-state index < -0.39 is 0 Å². The molecular weight excluding hydrogens is 88.1 g/mol. The maximum atomic E-state index is 2.35. The van der Waals surface area contributed by atoms with Gasteiger partial charge >= 0.3 is 0 Å². The van der Waals surface area contributed by atoms with Gasteiger partial charge in [-0.05, 0) is 14.1 Å². The molecule has 0 spiro atoms. The average Bonchev–Trinajstić information content (AvgIpc) is 1.23. The molecule has 0 aromatic carbocycles. The lowest BCUT2D eigenvalue weighted by Crippen LogP contribution is -3.01. The molecule has 0 radical (unpaired) electrons. The summed E-state index contributed by atoms with van der Waals surface area (Å²) in [6.07, 6.45) is 2.16. The fourth-order valence-electron chi connectivity index (χ4n) is 0.785. The third-order valence-electron chi connectivity index (χ3n) is 1.56. The molecule has 42 valence electrons. The van der Waals surface area contributed by atoms with E-state index in [4.69, 9.17) is 0 Å². The molecule has 2 N–H and O–H groups in total. The standard InChI is InChI=1S/C5H12N2/c1-7(2)5-3-4-6-5/h5-6H,3-4H2,1-2H3/p+1. The Labute approximate surface area is 44.5 Å². The van der Waals surface area contributed by atoms with E-state index in [1.54, 1.807) is 0 Å². The third kappa shape index (κ3) is 0.924. The van der Waals surface area contributed by atoms with E-state index in [9.17, 15) is 0 Å². The minimum absolute atomic E-state index is 0.792. The summed E-state index contributed by atoms with van der Waals surface area (Å²) in [5.41, 5.74) is 0. The van der Waals surface area contributed by atoms with Crippen LogP contribution >= 0.6 is 0 Å². The smallest absolute Gasteiger partial charge is 0.147 e. The van der Waals surface area contributed by atoms with Crippen molar-refractivity contribution < 1.29 is 5.32 Å². The van der Waals surface area contributed by atoms with Gasteiger partial charge in [0.15, 0.2) is 0 Å². The molecule has 2 heteroatoms. The van der Waals surface area contributed by atoms with Gasteiger partial charge in [-0.1, -0.05) is 0 Å². The molecule has 1 aliphatic heterocycles. The summed E-state index contributed by atoms with van der Waals surface area (Å²) in [6, 6.07) is 0. The molecule has 1 heterocycles. The van der Waals surface area contributed by atoms with Crippen molar-refractivity contribution in [3.8, 4) is 0 Å². The zero-order chi connectivity index (χ0) is 5.28. The number of quaternary nitrogens is 1. The first-order chi connectivity index (χ1) is 3.30. The van der Waals surface area contributed by atoms with Crippen molar-refractivity contribution in [1.82, 2.24) is 4.90 Å². The molecule has 0 aromatic heterocycles. The lowest BCUT2D eigenvalue weighted by atomic mass is 10.2. The van der Waals surface area contributed by atoms with Crippen LogP contribution < -0.4 is 5.32 Å². The van der Waals surface area contributed by atoms with Crippen LogP contribution in [0.4, 0.5) is 0 Å². The molecule has 1 unspecified atom stereocenters. The van der Waals surface area contributed by atoms with Crippen molar-refractivity contribution in [3.05, 3.63) is 0 Å². The van der Waals surface area contributed by atoms with Crippen molar-refractivity contribution in [2.24, 2.45) is 0 Å². The van der Waals surface area contributed by atoms with E-state index in [1.807, 2.05) is 0 Å². The van der Waals surface area contributed by atoms with Crippen LogP contribution in [0.1, 0.15) is 6.42 Å². The highest BCUT2D eigenvalue weighted by Gasteiger charge is 2.22. The van der Waals surface area contributed by atoms with Crippen LogP contribution in [-0.2, 0) is 0 Å². The van der Waals surface area contributed by atoms with Gasteiger partial charge in [0.25, 0.3) is 0 Å². The predicted molar refractivity (Wildman–Crippen MR) is 28.9 cm³/mol. The molecule has 0 aromatic rings. The van der Waals surface area contributed by atoms with E-state index >= 15 is 0 Å². The Morgan fingerprint density at radius 1 is 1.57 bits per heavy atom. The van der Waals surface area contributed by atoms with E-state index in [-0.39, 0.29) is 0 Å². The second-order valence-corrected chi connectivity index (χ2v) is 2.34. The zero-order valence-corrected chi connectivity index (χ0v) is 5.02. The summed E-state index contributed by atoms with van der Waals surface area (Å²) in [5.74, 6) is 0. The largest absolute Gasteiger partial charge is 0.331 e.